The summed E-state index contributed by atoms with van der Waals surface area (Å²) in [6.45, 7) is 3.81. The second kappa shape index (κ2) is 8.31. The largest absolute Gasteiger partial charge is 0.375 e. The van der Waals surface area contributed by atoms with Gasteiger partial charge in [-0.15, -0.1) is 0 Å². The van der Waals surface area contributed by atoms with Crippen molar-refractivity contribution in [3.05, 3.63) is 24.3 Å². The number of anilines is 2. The van der Waals surface area contributed by atoms with E-state index in [4.69, 9.17) is 4.74 Å². The van der Waals surface area contributed by atoms with Crippen molar-refractivity contribution in [3.8, 4) is 0 Å². The molecule has 2 aliphatic rings. The van der Waals surface area contributed by atoms with E-state index >= 15 is 0 Å². The molecule has 0 aliphatic carbocycles. The van der Waals surface area contributed by atoms with Gasteiger partial charge < -0.3 is 20.3 Å². The average Bonchev–Trinajstić information content (AvgIpc) is 2.92. The quantitative estimate of drug-likeness (QED) is 0.874. The van der Waals surface area contributed by atoms with Gasteiger partial charge in [0.1, 0.15) is 6.61 Å². The van der Waals surface area contributed by atoms with E-state index in [0.717, 1.165) is 32.6 Å². The maximum absolute atomic E-state index is 12.6. The van der Waals surface area contributed by atoms with Crippen LogP contribution in [0.2, 0.25) is 0 Å². The number of urea groups is 1. The number of nitrogens with zero attached hydrogens (tertiary/aromatic N) is 2. The summed E-state index contributed by atoms with van der Waals surface area (Å²) in [7, 11) is 1.48. The summed E-state index contributed by atoms with van der Waals surface area (Å²) in [6, 6.07) is 7.58. The molecule has 2 saturated heterocycles. The van der Waals surface area contributed by atoms with Crippen LogP contribution in [0, 0.1) is 0 Å². The highest BCUT2D eigenvalue weighted by atomic mass is 16.5. The molecule has 7 nitrogen and oxygen atoms in total. The Hall–Kier alpha value is -2.12. The standard InChI is InChI=1S/C18H26N4O3/c1-25-13-17(23)19-14-5-2-6-15(11-14)20-18(24)22-10-4-9-21-8-3-7-16(21)12-22/h2,5-6,11,16H,3-4,7-10,12-13H2,1H3,(H,19,23)(H,20,24). The minimum Gasteiger partial charge on any atom is -0.375 e. The van der Waals surface area contributed by atoms with E-state index in [2.05, 4.69) is 15.5 Å². The third kappa shape index (κ3) is 4.70. The van der Waals surface area contributed by atoms with Gasteiger partial charge in [0, 0.05) is 44.2 Å². The topological polar surface area (TPSA) is 73.9 Å². The van der Waals surface area contributed by atoms with Crippen molar-refractivity contribution in [2.75, 3.05) is 50.5 Å². The molecule has 0 saturated carbocycles. The van der Waals surface area contributed by atoms with E-state index in [1.54, 1.807) is 18.2 Å². The molecule has 1 aromatic carbocycles. The van der Waals surface area contributed by atoms with Gasteiger partial charge in [0.2, 0.25) is 5.91 Å². The molecule has 3 rings (SSSR count). The highest BCUT2D eigenvalue weighted by Crippen LogP contribution is 2.22. The molecule has 2 N–H and O–H groups in total. The number of fused-ring (bicyclic) bond motifs is 1. The van der Waals surface area contributed by atoms with Crippen LogP contribution in [-0.4, -0.2) is 67.7 Å². The number of carbonyl (C=O) groups excluding carboxylic acids is 2. The first kappa shape index (κ1) is 17.7. The molecule has 7 heteroatoms. The Labute approximate surface area is 148 Å². The third-order valence-electron chi connectivity index (χ3n) is 4.76. The number of methoxy groups -OCH3 is 1. The van der Waals surface area contributed by atoms with Gasteiger partial charge in [0.25, 0.3) is 0 Å². The number of hydrogen-bond donors (Lipinski definition) is 2. The molecule has 2 heterocycles. The lowest BCUT2D eigenvalue weighted by atomic mass is 10.2. The first-order valence-electron chi connectivity index (χ1n) is 8.84. The SMILES string of the molecule is COCC(=O)Nc1cccc(NC(=O)N2CCCN3CCCC3C2)c1. The van der Waals surface area contributed by atoms with E-state index in [9.17, 15) is 9.59 Å². The van der Waals surface area contributed by atoms with Crippen molar-refractivity contribution in [2.24, 2.45) is 0 Å². The predicted octanol–water partition coefficient (Wildman–Crippen LogP) is 1.97. The van der Waals surface area contributed by atoms with Crippen LogP contribution < -0.4 is 10.6 Å². The lowest BCUT2D eigenvalue weighted by molar-refractivity contribution is -0.119. The summed E-state index contributed by atoms with van der Waals surface area (Å²) < 4.78 is 4.80. The van der Waals surface area contributed by atoms with Crippen LogP contribution in [0.5, 0.6) is 0 Å². The van der Waals surface area contributed by atoms with Crippen LogP contribution in [0.15, 0.2) is 24.3 Å². The molecule has 1 unspecified atom stereocenters. The first-order chi connectivity index (χ1) is 12.2. The number of rotatable bonds is 4. The normalized spacial score (nSPS) is 20.7. The number of carbonyl (C=O) groups is 2. The van der Waals surface area contributed by atoms with Gasteiger partial charge in [0.15, 0.2) is 0 Å². The molecule has 25 heavy (non-hydrogen) atoms. The molecule has 136 valence electrons. The molecule has 0 bridgehead atoms. The van der Waals surface area contributed by atoms with Crippen molar-refractivity contribution in [1.29, 1.82) is 0 Å². The van der Waals surface area contributed by atoms with Gasteiger partial charge in [-0.05, 0) is 44.0 Å². The first-order valence-corrected chi connectivity index (χ1v) is 8.84. The second-order valence-electron chi connectivity index (χ2n) is 6.62. The summed E-state index contributed by atoms with van der Waals surface area (Å²) in [6.07, 6.45) is 3.41. The van der Waals surface area contributed by atoms with Crippen LogP contribution in [-0.2, 0) is 9.53 Å². The minimum atomic E-state index is -0.222. The summed E-state index contributed by atoms with van der Waals surface area (Å²) in [5.74, 6) is -0.222. The lowest BCUT2D eigenvalue weighted by Crippen LogP contribution is -2.41. The van der Waals surface area contributed by atoms with Crippen molar-refractivity contribution in [3.63, 3.8) is 0 Å². The zero-order valence-corrected chi connectivity index (χ0v) is 14.7. The van der Waals surface area contributed by atoms with Crippen LogP contribution >= 0.6 is 0 Å². The summed E-state index contributed by atoms with van der Waals surface area (Å²) in [5.41, 5.74) is 1.31. The molecule has 0 spiro atoms. The minimum absolute atomic E-state index is 0.00224. The highest BCUT2D eigenvalue weighted by molar-refractivity contribution is 5.94. The van der Waals surface area contributed by atoms with Crippen LogP contribution in [0.3, 0.4) is 0 Å². The maximum Gasteiger partial charge on any atom is 0.321 e. The van der Waals surface area contributed by atoms with E-state index in [1.807, 2.05) is 11.0 Å². The molecule has 1 atom stereocenters. The molecule has 2 fully saturated rings. The predicted molar refractivity (Wildman–Crippen MR) is 96.8 cm³/mol. The van der Waals surface area contributed by atoms with Crippen molar-refractivity contribution >= 4 is 23.3 Å². The Morgan fingerprint density at radius 2 is 1.92 bits per heavy atom. The Bertz CT molecular complexity index is 622. The zero-order chi connectivity index (χ0) is 17.6. The van der Waals surface area contributed by atoms with Gasteiger partial charge in [-0.1, -0.05) is 6.07 Å². The monoisotopic (exact) mass is 346 g/mol. The van der Waals surface area contributed by atoms with E-state index < -0.39 is 0 Å². The zero-order valence-electron chi connectivity index (χ0n) is 14.7. The average molecular weight is 346 g/mol. The summed E-state index contributed by atoms with van der Waals surface area (Å²) in [5, 5.41) is 5.69. The number of nitrogens with one attached hydrogen (secondary N) is 2. The fraction of sp³-hybridized carbons (Fsp3) is 0.556. The Balaban J connectivity index is 1.59. The van der Waals surface area contributed by atoms with Gasteiger partial charge in [0.05, 0.1) is 0 Å². The van der Waals surface area contributed by atoms with Gasteiger partial charge in [-0.25, -0.2) is 4.79 Å². The molecular formula is C18H26N4O3. The molecule has 1 aromatic rings. The van der Waals surface area contributed by atoms with E-state index in [0.29, 0.717) is 17.4 Å². The fourth-order valence-electron chi connectivity index (χ4n) is 3.60. The third-order valence-corrected chi connectivity index (χ3v) is 4.76. The highest BCUT2D eigenvalue weighted by Gasteiger charge is 2.30. The van der Waals surface area contributed by atoms with Gasteiger partial charge in [-0.2, -0.15) is 0 Å². The number of ether oxygens (including phenoxy) is 1. The van der Waals surface area contributed by atoms with Gasteiger partial charge >= 0.3 is 6.03 Å². The number of hydrogen-bond acceptors (Lipinski definition) is 4. The van der Waals surface area contributed by atoms with E-state index in [1.165, 1.54) is 20.0 Å². The van der Waals surface area contributed by atoms with Crippen molar-refractivity contribution < 1.29 is 14.3 Å². The fourth-order valence-corrected chi connectivity index (χ4v) is 3.60. The summed E-state index contributed by atoms with van der Waals surface area (Å²) >= 11 is 0. The Morgan fingerprint density at radius 1 is 1.16 bits per heavy atom. The van der Waals surface area contributed by atoms with Crippen LogP contribution in [0.1, 0.15) is 19.3 Å². The molecule has 3 amide bonds. The summed E-state index contributed by atoms with van der Waals surface area (Å²) in [4.78, 5) is 28.6. The van der Waals surface area contributed by atoms with Crippen LogP contribution in [0.4, 0.5) is 16.2 Å². The maximum atomic E-state index is 12.6. The Morgan fingerprint density at radius 3 is 2.72 bits per heavy atom. The van der Waals surface area contributed by atoms with Crippen molar-refractivity contribution in [2.45, 2.75) is 25.3 Å². The van der Waals surface area contributed by atoms with Gasteiger partial charge in [-0.3, -0.25) is 9.69 Å². The molecule has 0 radical (unpaired) electrons. The van der Waals surface area contributed by atoms with E-state index in [-0.39, 0.29) is 18.5 Å². The molecular weight excluding hydrogens is 320 g/mol. The second-order valence-corrected chi connectivity index (χ2v) is 6.62. The lowest BCUT2D eigenvalue weighted by Gasteiger charge is -2.26. The van der Waals surface area contributed by atoms with Crippen molar-refractivity contribution in [1.82, 2.24) is 9.80 Å². The number of amides is 3. The molecule has 2 aliphatic heterocycles. The number of benzene rings is 1. The van der Waals surface area contributed by atoms with Crippen LogP contribution in [0.25, 0.3) is 0 Å². The smallest absolute Gasteiger partial charge is 0.321 e. The Kier molecular flexibility index (Phi) is 5.88. The molecule has 0 aromatic heterocycles.